The predicted molar refractivity (Wildman–Crippen MR) is 119 cm³/mol. The first-order valence-corrected chi connectivity index (χ1v) is 10.0. The van der Waals surface area contributed by atoms with Crippen molar-refractivity contribution in [3.8, 4) is 5.75 Å². The normalized spacial score (nSPS) is 12.7. The van der Waals surface area contributed by atoms with Gasteiger partial charge in [-0.15, -0.1) is 0 Å². The van der Waals surface area contributed by atoms with Crippen LogP contribution in [-0.4, -0.2) is 30.6 Å². The van der Waals surface area contributed by atoms with Gasteiger partial charge in [0.1, 0.15) is 12.4 Å². The first-order valence-electron chi connectivity index (χ1n) is 10.0. The fraction of sp³-hybridized carbons (Fsp3) is 0.280. The van der Waals surface area contributed by atoms with E-state index in [1.165, 1.54) is 11.6 Å². The minimum atomic E-state index is -0.865. The van der Waals surface area contributed by atoms with E-state index in [0.29, 0.717) is 6.61 Å². The highest BCUT2D eigenvalue weighted by Gasteiger charge is 2.18. The molecule has 2 atom stereocenters. The minimum Gasteiger partial charge on any atom is -0.490 e. The second-order valence-corrected chi connectivity index (χ2v) is 7.02. The molecule has 0 aliphatic heterocycles. The van der Waals surface area contributed by atoms with Crippen LogP contribution in [0.5, 0.6) is 5.75 Å². The number of benzene rings is 2. The zero-order valence-electron chi connectivity index (χ0n) is 17.5. The quantitative estimate of drug-likeness (QED) is 0.342. The van der Waals surface area contributed by atoms with Crippen LogP contribution >= 0.6 is 0 Å². The summed E-state index contributed by atoms with van der Waals surface area (Å²) in [6.45, 7) is 7.54. The van der Waals surface area contributed by atoms with E-state index < -0.39 is 12.1 Å². The van der Waals surface area contributed by atoms with Crippen molar-refractivity contribution in [3.63, 3.8) is 0 Å². The van der Waals surface area contributed by atoms with Crippen molar-refractivity contribution in [1.29, 1.82) is 0 Å². The van der Waals surface area contributed by atoms with Crippen LogP contribution in [0.1, 0.15) is 31.4 Å². The molecule has 0 spiro atoms. The third kappa shape index (κ3) is 8.35. The second-order valence-electron chi connectivity index (χ2n) is 7.02. The summed E-state index contributed by atoms with van der Waals surface area (Å²) in [5, 5.41) is 2.89. The summed E-state index contributed by atoms with van der Waals surface area (Å²) in [6, 6.07) is 17.4. The molecular weight excluding hydrogens is 378 g/mol. The average molecular weight is 408 g/mol. The molecule has 5 heteroatoms. The summed E-state index contributed by atoms with van der Waals surface area (Å²) in [5.74, 6) is -0.149. The van der Waals surface area contributed by atoms with E-state index in [9.17, 15) is 9.59 Å². The van der Waals surface area contributed by atoms with Crippen molar-refractivity contribution in [3.05, 3.63) is 84.5 Å². The molecule has 0 radical (unpaired) electrons. The van der Waals surface area contributed by atoms with Crippen LogP contribution in [0.3, 0.4) is 0 Å². The van der Waals surface area contributed by atoms with Gasteiger partial charge in [0.2, 0.25) is 0 Å². The molecular formula is C25H29NO4. The van der Waals surface area contributed by atoms with Crippen LogP contribution in [0.25, 0.3) is 6.08 Å². The lowest BCUT2D eigenvalue weighted by Gasteiger charge is -2.17. The van der Waals surface area contributed by atoms with Gasteiger partial charge in [-0.2, -0.15) is 0 Å². The Balaban J connectivity index is 1.74. The van der Waals surface area contributed by atoms with Crippen LogP contribution in [0.2, 0.25) is 0 Å². The topological polar surface area (TPSA) is 64.6 Å². The SMILES string of the molecule is C=CCOc1ccc(/C=C/C(=O)O[C@@H](C)C(=O)N[C@H](C)CCc2ccccc2)cc1. The summed E-state index contributed by atoms with van der Waals surface area (Å²) in [7, 11) is 0. The Bertz CT molecular complexity index is 843. The third-order valence-electron chi connectivity index (χ3n) is 4.42. The van der Waals surface area contributed by atoms with Crippen LogP contribution in [-0.2, 0) is 20.7 Å². The van der Waals surface area contributed by atoms with Crippen molar-refractivity contribution in [2.45, 2.75) is 38.8 Å². The molecule has 0 saturated heterocycles. The first-order chi connectivity index (χ1) is 14.5. The number of hydrogen-bond donors (Lipinski definition) is 1. The number of amides is 1. The monoisotopic (exact) mass is 407 g/mol. The van der Waals surface area contributed by atoms with Gasteiger partial charge in [0, 0.05) is 12.1 Å². The molecule has 2 rings (SSSR count). The number of hydrogen-bond acceptors (Lipinski definition) is 4. The summed E-state index contributed by atoms with van der Waals surface area (Å²) >= 11 is 0. The van der Waals surface area contributed by atoms with Crippen LogP contribution < -0.4 is 10.1 Å². The van der Waals surface area contributed by atoms with E-state index in [1.54, 1.807) is 31.2 Å². The molecule has 0 unspecified atom stereocenters. The Morgan fingerprint density at radius 1 is 1.07 bits per heavy atom. The van der Waals surface area contributed by atoms with E-state index in [2.05, 4.69) is 24.0 Å². The van der Waals surface area contributed by atoms with Crippen molar-refractivity contribution < 1.29 is 19.1 Å². The molecule has 158 valence electrons. The van der Waals surface area contributed by atoms with Crippen molar-refractivity contribution in [2.24, 2.45) is 0 Å². The molecule has 0 aliphatic carbocycles. The van der Waals surface area contributed by atoms with Crippen LogP contribution in [0.4, 0.5) is 0 Å². The highest BCUT2D eigenvalue weighted by atomic mass is 16.5. The van der Waals surface area contributed by atoms with Gasteiger partial charge in [-0.05, 0) is 56.0 Å². The van der Waals surface area contributed by atoms with Gasteiger partial charge in [0.25, 0.3) is 5.91 Å². The number of ether oxygens (including phenoxy) is 2. The van der Waals surface area contributed by atoms with Gasteiger partial charge < -0.3 is 14.8 Å². The molecule has 2 aromatic rings. The molecule has 1 N–H and O–H groups in total. The molecule has 2 aromatic carbocycles. The van der Waals surface area contributed by atoms with Crippen molar-refractivity contribution >= 4 is 18.0 Å². The molecule has 0 saturated carbocycles. The maximum atomic E-state index is 12.3. The van der Waals surface area contributed by atoms with Gasteiger partial charge in [-0.25, -0.2) is 4.79 Å². The average Bonchev–Trinajstić information content (AvgIpc) is 2.76. The molecule has 30 heavy (non-hydrogen) atoms. The fourth-order valence-corrected chi connectivity index (χ4v) is 2.72. The first kappa shape index (κ1) is 22.9. The zero-order chi connectivity index (χ0) is 21.8. The third-order valence-corrected chi connectivity index (χ3v) is 4.42. The molecule has 0 heterocycles. The summed E-state index contributed by atoms with van der Waals surface area (Å²) in [6.07, 6.45) is 5.43. The maximum Gasteiger partial charge on any atom is 0.331 e. The lowest BCUT2D eigenvalue weighted by Crippen LogP contribution is -2.40. The van der Waals surface area contributed by atoms with Gasteiger partial charge in [-0.3, -0.25) is 4.79 Å². The number of carbonyl (C=O) groups excluding carboxylic acids is 2. The molecule has 5 nitrogen and oxygen atoms in total. The number of aryl methyl sites for hydroxylation is 1. The summed E-state index contributed by atoms with van der Waals surface area (Å²) in [4.78, 5) is 24.3. The van der Waals surface area contributed by atoms with E-state index in [-0.39, 0.29) is 11.9 Å². The highest BCUT2D eigenvalue weighted by molar-refractivity contribution is 5.90. The van der Waals surface area contributed by atoms with Gasteiger partial charge in [0.15, 0.2) is 6.10 Å². The van der Waals surface area contributed by atoms with E-state index >= 15 is 0 Å². The van der Waals surface area contributed by atoms with E-state index in [4.69, 9.17) is 9.47 Å². The smallest absolute Gasteiger partial charge is 0.331 e. The Morgan fingerprint density at radius 3 is 2.43 bits per heavy atom. The molecule has 0 aromatic heterocycles. The Labute approximate surface area is 178 Å². The molecule has 1 amide bonds. The fourth-order valence-electron chi connectivity index (χ4n) is 2.72. The number of carbonyl (C=O) groups is 2. The molecule has 0 aliphatic rings. The largest absolute Gasteiger partial charge is 0.490 e. The number of esters is 1. The van der Waals surface area contributed by atoms with E-state index in [1.807, 2.05) is 37.3 Å². The van der Waals surface area contributed by atoms with Crippen molar-refractivity contribution in [2.75, 3.05) is 6.61 Å². The lowest BCUT2D eigenvalue weighted by atomic mass is 10.1. The van der Waals surface area contributed by atoms with E-state index in [0.717, 1.165) is 24.2 Å². The van der Waals surface area contributed by atoms with Crippen LogP contribution in [0, 0.1) is 0 Å². The Morgan fingerprint density at radius 2 is 1.77 bits per heavy atom. The van der Waals surface area contributed by atoms with Gasteiger partial charge in [0.05, 0.1) is 0 Å². The van der Waals surface area contributed by atoms with Gasteiger partial charge in [-0.1, -0.05) is 55.1 Å². The Kier molecular flexibility index (Phi) is 9.38. The highest BCUT2D eigenvalue weighted by Crippen LogP contribution is 2.13. The van der Waals surface area contributed by atoms with Crippen molar-refractivity contribution in [1.82, 2.24) is 5.32 Å². The standard InChI is InChI=1S/C25H29NO4/c1-4-18-29-23-15-12-22(13-16-23)14-17-24(27)30-20(3)25(28)26-19(2)10-11-21-8-6-5-7-9-21/h4-9,12-17,19-20H,1,10-11,18H2,2-3H3,(H,26,28)/b17-14+/t19-,20+/m1/s1. The number of rotatable bonds is 11. The lowest BCUT2D eigenvalue weighted by molar-refractivity contribution is -0.150. The summed E-state index contributed by atoms with van der Waals surface area (Å²) < 4.78 is 10.6. The molecule has 0 fully saturated rings. The summed E-state index contributed by atoms with van der Waals surface area (Å²) in [5.41, 5.74) is 2.05. The zero-order valence-corrected chi connectivity index (χ0v) is 17.5. The van der Waals surface area contributed by atoms with Crippen LogP contribution in [0.15, 0.2) is 73.3 Å². The predicted octanol–water partition coefficient (Wildman–Crippen LogP) is 4.33. The Hall–Kier alpha value is -3.34. The van der Waals surface area contributed by atoms with Gasteiger partial charge >= 0.3 is 5.97 Å². The number of nitrogens with one attached hydrogen (secondary N) is 1. The maximum absolute atomic E-state index is 12.3. The molecule has 0 bridgehead atoms. The second kappa shape index (κ2) is 12.3. The minimum absolute atomic E-state index is 0.0174.